The first-order valence-electron chi connectivity index (χ1n) is 6.66. The Morgan fingerprint density at radius 1 is 0.588 bits per heavy atom. The Morgan fingerprint density at radius 3 is 1.53 bits per heavy atom. The molecular formula is C16H23Ni. The molecule has 0 aromatic carbocycles. The molecule has 2 aliphatic carbocycles. The van der Waals surface area contributed by atoms with Crippen LogP contribution in [0.15, 0.2) is 47.1 Å². The van der Waals surface area contributed by atoms with E-state index in [-0.39, 0.29) is 0 Å². The molecule has 2 rings (SSSR count). The van der Waals surface area contributed by atoms with Crippen LogP contribution in [0.2, 0.25) is 0 Å². The Kier molecular flexibility index (Phi) is 9.05. The van der Waals surface area contributed by atoms with Crippen molar-refractivity contribution >= 4 is 0 Å². The van der Waals surface area contributed by atoms with E-state index >= 15 is 0 Å². The van der Waals surface area contributed by atoms with Gasteiger partial charge in [-0.3, -0.25) is 0 Å². The quantitative estimate of drug-likeness (QED) is 0.419. The second kappa shape index (κ2) is 10.6. The van der Waals surface area contributed by atoms with Crippen LogP contribution in [0.25, 0.3) is 0 Å². The van der Waals surface area contributed by atoms with Crippen molar-refractivity contribution in [3.8, 4) is 0 Å². The summed E-state index contributed by atoms with van der Waals surface area (Å²) < 4.78 is 1.18. The molecule has 0 nitrogen and oxygen atoms in total. The van der Waals surface area contributed by atoms with Crippen LogP contribution in [0.1, 0.15) is 51.4 Å². The van der Waals surface area contributed by atoms with Gasteiger partial charge in [-0.15, -0.1) is 0 Å². The first kappa shape index (κ1) is 14.5. The Labute approximate surface area is 114 Å². The summed E-state index contributed by atoms with van der Waals surface area (Å²) >= 11 is 4.78. The van der Waals surface area contributed by atoms with E-state index in [0.29, 0.717) is 0 Å². The monoisotopic (exact) mass is 273 g/mol. The third-order valence-electron chi connectivity index (χ3n) is 2.72. The van der Waals surface area contributed by atoms with E-state index in [0.717, 1.165) is 19.3 Å². The molecule has 0 unspecified atom stereocenters. The summed E-state index contributed by atoms with van der Waals surface area (Å²) in [6.07, 6.45) is 25.2. The molecule has 0 amide bonds. The van der Waals surface area contributed by atoms with Crippen LogP contribution in [0.4, 0.5) is 0 Å². The van der Waals surface area contributed by atoms with Crippen LogP contribution in [0.5, 0.6) is 0 Å². The summed E-state index contributed by atoms with van der Waals surface area (Å²) in [6.45, 7) is 0. The van der Waals surface area contributed by atoms with Gasteiger partial charge in [0.2, 0.25) is 0 Å². The minimum atomic E-state index is 1.09. The zero-order chi connectivity index (χ0) is 12.2. The van der Waals surface area contributed by atoms with Gasteiger partial charge in [0.1, 0.15) is 0 Å². The van der Waals surface area contributed by atoms with Crippen molar-refractivity contribution in [2.45, 2.75) is 51.4 Å². The van der Waals surface area contributed by atoms with Gasteiger partial charge >= 0.3 is 63.9 Å². The Balaban J connectivity index is 0.000000171. The zero-order valence-corrected chi connectivity index (χ0v) is 11.5. The second-order valence-corrected chi connectivity index (χ2v) is 4.93. The van der Waals surface area contributed by atoms with Crippen molar-refractivity contribution in [2.75, 3.05) is 0 Å². The first-order chi connectivity index (χ1) is 8.39. The number of hydrogen-bond donors (Lipinski definition) is 0. The van der Waals surface area contributed by atoms with Crippen LogP contribution in [-0.4, -0.2) is 0 Å². The van der Waals surface area contributed by atoms with E-state index in [2.05, 4.69) is 42.5 Å². The third-order valence-corrected chi connectivity index (χ3v) is 3.17. The number of hydrogen-bond acceptors (Lipinski definition) is 0. The SMILES string of the molecule is C1=C\CC/C=C\CC/1.[Ni]/[C]1=C/CC/C=C\CC1. The van der Waals surface area contributed by atoms with Crippen LogP contribution in [0.3, 0.4) is 0 Å². The van der Waals surface area contributed by atoms with Gasteiger partial charge in [0.05, 0.1) is 0 Å². The molecule has 2 aliphatic rings. The van der Waals surface area contributed by atoms with Crippen molar-refractivity contribution in [1.29, 1.82) is 0 Å². The van der Waals surface area contributed by atoms with Crippen molar-refractivity contribution in [2.24, 2.45) is 0 Å². The minimum absolute atomic E-state index is 1.09. The Morgan fingerprint density at radius 2 is 1.00 bits per heavy atom. The predicted octanol–water partition coefficient (Wildman–Crippen LogP) is 5.22. The molecule has 0 radical (unpaired) electrons. The fourth-order valence-electron chi connectivity index (χ4n) is 1.73. The van der Waals surface area contributed by atoms with Gasteiger partial charge < -0.3 is 0 Å². The third kappa shape index (κ3) is 9.18. The average Bonchev–Trinajstić information content (AvgIpc) is 2.23. The van der Waals surface area contributed by atoms with Gasteiger partial charge in [0.15, 0.2) is 0 Å². The van der Waals surface area contributed by atoms with Gasteiger partial charge in [-0.2, -0.15) is 0 Å². The molecule has 0 spiro atoms. The molecule has 0 bridgehead atoms. The second-order valence-electron chi connectivity index (χ2n) is 4.30. The summed E-state index contributed by atoms with van der Waals surface area (Å²) in [4.78, 5) is 0. The number of rotatable bonds is 0. The molecule has 0 saturated carbocycles. The molecule has 0 aromatic heterocycles. The normalized spacial score (nSPS) is 28.9. The Hall–Kier alpha value is -0.546. The van der Waals surface area contributed by atoms with Crippen LogP contribution < -0.4 is 0 Å². The van der Waals surface area contributed by atoms with E-state index in [9.17, 15) is 0 Å². The summed E-state index contributed by atoms with van der Waals surface area (Å²) in [5, 5.41) is 0. The molecule has 0 aliphatic heterocycles. The van der Waals surface area contributed by atoms with Crippen molar-refractivity contribution in [3.63, 3.8) is 0 Å². The topological polar surface area (TPSA) is 0 Å². The van der Waals surface area contributed by atoms with E-state index in [1.807, 2.05) is 0 Å². The van der Waals surface area contributed by atoms with Gasteiger partial charge in [-0.25, -0.2) is 0 Å². The predicted molar refractivity (Wildman–Crippen MR) is 72.4 cm³/mol. The average molecular weight is 274 g/mol. The fourth-order valence-corrected chi connectivity index (χ4v) is 2.02. The van der Waals surface area contributed by atoms with Crippen molar-refractivity contribution in [1.82, 2.24) is 0 Å². The van der Waals surface area contributed by atoms with Gasteiger partial charge in [-0.05, 0) is 25.7 Å². The first-order valence-corrected chi connectivity index (χ1v) is 7.15. The zero-order valence-electron chi connectivity index (χ0n) is 10.5. The maximum atomic E-state index is 4.78. The number of allylic oxidation sites excluding steroid dienone is 8. The van der Waals surface area contributed by atoms with Gasteiger partial charge in [-0.1, -0.05) is 24.3 Å². The summed E-state index contributed by atoms with van der Waals surface area (Å²) in [5.74, 6) is 0. The van der Waals surface area contributed by atoms with Crippen LogP contribution in [-0.2, 0) is 15.5 Å². The molecule has 1 heteroatoms. The molecule has 0 heterocycles. The van der Waals surface area contributed by atoms with Gasteiger partial charge in [0, 0.05) is 0 Å². The Bertz CT molecular complexity index is 269. The summed E-state index contributed by atoms with van der Waals surface area (Å²) in [6, 6.07) is 0. The van der Waals surface area contributed by atoms with Crippen molar-refractivity contribution in [3.05, 3.63) is 47.1 Å². The summed E-state index contributed by atoms with van der Waals surface area (Å²) in [7, 11) is 0. The van der Waals surface area contributed by atoms with E-state index in [1.165, 1.54) is 36.6 Å². The van der Waals surface area contributed by atoms with Gasteiger partial charge in [0.25, 0.3) is 0 Å². The van der Waals surface area contributed by atoms with Crippen LogP contribution >= 0.6 is 0 Å². The van der Waals surface area contributed by atoms with Crippen molar-refractivity contribution < 1.29 is 15.5 Å². The standard InChI is InChI=1S/C8H12.C8H11.Ni/c2*1-2-4-6-8-7-5-3-1;/h1-2,7-8H,3-6H2;1-2,7H,3-6H2;/b2-1-,8-7-;2-1-,8-7?;. The molecule has 0 aromatic rings. The fraction of sp³-hybridized carbons (Fsp3) is 0.500. The molecule has 0 atom stereocenters. The summed E-state index contributed by atoms with van der Waals surface area (Å²) in [5.41, 5.74) is 0. The molecule has 17 heavy (non-hydrogen) atoms. The maximum absolute atomic E-state index is 4.78. The van der Waals surface area contributed by atoms with E-state index in [4.69, 9.17) is 15.5 Å². The molecular weight excluding hydrogens is 251 g/mol. The van der Waals surface area contributed by atoms with E-state index < -0.39 is 0 Å². The van der Waals surface area contributed by atoms with E-state index in [1.54, 1.807) is 0 Å². The molecule has 97 valence electrons. The molecule has 0 fully saturated rings. The van der Waals surface area contributed by atoms with Crippen LogP contribution in [0, 0.1) is 0 Å². The molecule has 0 N–H and O–H groups in total. The molecule has 0 saturated heterocycles.